The van der Waals surface area contributed by atoms with Crippen molar-refractivity contribution in [1.29, 1.82) is 0 Å². The van der Waals surface area contributed by atoms with Crippen LogP contribution in [-0.4, -0.2) is 35.1 Å². The van der Waals surface area contributed by atoms with Crippen molar-refractivity contribution in [2.45, 2.75) is 38.1 Å². The zero-order valence-electron chi connectivity index (χ0n) is 20.1. The lowest BCUT2D eigenvalue weighted by atomic mass is 10.0. The minimum absolute atomic E-state index is 0.162. The van der Waals surface area contributed by atoms with E-state index in [1.165, 1.54) is 23.9 Å². The zero-order valence-corrected chi connectivity index (χ0v) is 22.4. The van der Waals surface area contributed by atoms with Crippen molar-refractivity contribution < 1.29 is 14.0 Å². The van der Waals surface area contributed by atoms with Crippen LogP contribution in [0.15, 0.2) is 72.8 Å². The average Bonchev–Trinajstić information content (AvgIpc) is 2.87. The minimum atomic E-state index is -0.718. The molecule has 0 fully saturated rings. The molecule has 4 nitrogen and oxygen atoms in total. The first kappa shape index (κ1) is 28.0. The predicted molar refractivity (Wildman–Crippen MR) is 147 cm³/mol. The van der Waals surface area contributed by atoms with Gasteiger partial charge in [-0.05, 0) is 47.4 Å². The van der Waals surface area contributed by atoms with E-state index < -0.39 is 6.04 Å². The molecule has 0 aliphatic rings. The fourth-order valence-corrected chi connectivity index (χ4v) is 5.01. The highest BCUT2D eigenvalue weighted by Gasteiger charge is 2.30. The number of amides is 2. The highest BCUT2D eigenvalue weighted by Crippen LogP contribution is 2.25. The number of thioether (sulfide) groups is 1. The molecule has 0 unspecified atom stereocenters. The largest absolute Gasteiger partial charge is 0.354 e. The highest BCUT2D eigenvalue weighted by atomic mass is 35.5. The number of nitrogens with zero attached hydrogens (tertiary/aromatic N) is 1. The Labute approximate surface area is 226 Å². The summed E-state index contributed by atoms with van der Waals surface area (Å²) in [5.41, 5.74) is 2.58. The molecule has 1 N–H and O–H groups in total. The van der Waals surface area contributed by atoms with Crippen molar-refractivity contribution >= 4 is 46.8 Å². The van der Waals surface area contributed by atoms with Crippen LogP contribution in [0.5, 0.6) is 0 Å². The lowest BCUT2D eigenvalue weighted by Gasteiger charge is -2.32. The summed E-state index contributed by atoms with van der Waals surface area (Å²) in [5.74, 6) is 0.0260. The standard InChI is InChI=1S/C28H29Cl2FN2O2S/c1-2-14-32-28(35)26(15-20-6-4-3-5-7-20)33(17-22-10-11-23(29)16-25(22)30)27(34)19-36-18-21-8-12-24(31)13-9-21/h3-13,16,26H,2,14-15,17-19H2,1H3,(H,32,35)/t26-/m0/s1. The first-order valence-electron chi connectivity index (χ1n) is 11.7. The van der Waals surface area contributed by atoms with E-state index in [0.717, 1.165) is 17.5 Å². The molecule has 3 rings (SSSR count). The Morgan fingerprint density at radius 3 is 2.39 bits per heavy atom. The lowest BCUT2D eigenvalue weighted by Crippen LogP contribution is -2.51. The Bertz CT molecular complexity index is 1150. The number of benzene rings is 3. The zero-order chi connectivity index (χ0) is 25.9. The van der Waals surface area contributed by atoms with Crippen molar-refractivity contribution in [2.75, 3.05) is 12.3 Å². The molecule has 2 amide bonds. The van der Waals surface area contributed by atoms with E-state index in [9.17, 15) is 14.0 Å². The number of hydrogen-bond acceptors (Lipinski definition) is 3. The third-order valence-corrected chi connectivity index (χ3v) is 7.16. The molecule has 0 aromatic heterocycles. The first-order valence-corrected chi connectivity index (χ1v) is 13.7. The Hall–Kier alpha value is -2.54. The summed E-state index contributed by atoms with van der Waals surface area (Å²) in [6.07, 6.45) is 1.16. The van der Waals surface area contributed by atoms with Gasteiger partial charge in [-0.15, -0.1) is 11.8 Å². The normalized spacial score (nSPS) is 11.7. The number of hydrogen-bond donors (Lipinski definition) is 1. The molecule has 0 saturated heterocycles. The molecule has 0 bridgehead atoms. The van der Waals surface area contributed by atoms with Gasteiger partial charge >= 0.3 is 0 Å². The van der Waals surface area contributed by atoms with E-state index in [4.69, 9.17) is 23.2 Å². The molecular weight excluding hydrogens is 518 g/mol. The molecule has 0 aliphatic heterocycles. The van der Waals surface area contributed by atoms with Gasteiger partial charge in [-0.3, -0.25) is 9.59 Å². The highest BCUT2D eigenvalue weighted by molar-refractivity contribution is 7.99. The number of carbonyl (C=O) groups is 2. The summed E-state index contributed by atoms with van der Waals surface area (Å²) in [5, 5.41) is 3.89. The van der Waals surface area contributed by atoms with E-state index in [0.29, 0.717) is 34.3 Å². The van der Waals surface area contributed by atoms with E-state index in [1.807, 2.05) is 37.3 Å². The van der Waals surface area contributed by atoms with E-state index in [-0.39, 0.29) is 29.9 Å². The summed E-state index contributed by atoms with van der Waals surface area (Å²) in [4.78, 5) is 28.5. The van der Waals surface area contributed by atoms with Gasteiger partial charge < -0.3 is 10.2 Å². The van der Waals surface area contributed by atoms with Gasteiger partial charge in [-0.1, -0.05) is 78.7 Å². The van der Waals surface area contributed by atoms with Gasteiger partial charge in [0.2, 0.25) is 11.8 Å². The predicted octanol–water partition coefficient (Wildman–Crippen LogP) is 6.53. The fraction of sp³-hybridized carbons (Fsp3) is 0.286. The number of rotatable bonds is 12. The van der Waals surface area contributed by atoms with Crippen LogP contribution < -0.4 is 5.32 Å². The van der Waals surface area contributed by atoms with Crippen molar-refractivity contribution in [3.8, 4) is 0 Å². The maximum absolute atomic E-state index is 13.6. The molecule has 190 valence electrons. The lowest BCUT2D eigenvalue weighted by molar-refractivity contribution is -0.139. The van der Waals surface area contributed by atoms with E-state index >= 15 is 0 Å². The van der Waals surface area contributed by atoms with Crippen LogP contribution in [0, 0.1) is 5.82 Å². The molecule has 0 spiro atoms. The van der Waals surface area contributed by atoms with Crippen LogP contribution >= 0.6 is 35.0 Å². The van der Waals surface area contributed by atoms with Crippen LogP contribution in [0.1, 0.15) is 30.0 Å². The molecule has 1 atom stereocenters. The van der Waals surface area contributed by atoms with Gasteiger partial charge in [0.05, 0.1) is 5.75 Å². The molecule has 3 aromatic carbocycles. The van der Waals surface area contributed by atoms with Crippen molar-refractivity contribution in [3.05, 3.63) is 105 Å². The number of carbonyl (C=O) groups excluding carboxylic acids is 2. The monoisotopic (exact) mass is 546 g/mol. The van der Waals surface area contributed by atoms with Gasteiger partial charge in [0.1, 0.15) is 11.9 Å². The molecular formula is C28H29Cl2FN2O2S. The smallest absolute Gasteiger partial charge is 0.243 e. The van der Waals surface area contributed by atoms with Crippen LogP contribution in [0.2, 0.25) is 10.0 Å². The van der Waals surface area contributed by atoms with Gasteiger partial charge in [0.25, 0.3) is 0 Å². The van der Waals surface area contributed by atoms with Crippen LogP contribution in [0.4, 0.5) is 4.39 Å². The Morgan fingerprint density at radius 2 is 1.72 bits per heavy atom. The van der Waals surface area contributed by atoms with E-state index in [2.05, 4.69) is 5.32 Å². The van der Waals surface area contributed by atoms with Gasteiger partial charge in [-0.2, -0.15) is 0 Å². The maximum atomic E-state index is 13.6. The van der Waals surface area contributed by atoms with Crippen molar-refractivity contribution in [2.24, 2.45) is 0 Å². The fourth-order valence-electron chi connectivity index (χ4n) is 3.67. The third-order valence-electron chi connectivity index (χ3n) is 5.58. The number of nitrogens with one attached hydrogen (secondary N) is 1. The minimum Gasteiger partial charge on any atom is -0.354 e. The van der Waals surface area contributed by atoms with Gasteiger partial charge in [0.15, 0.2) is 0 Å². The summed E-state index contributed by atoms with van der Waals surface area (Å²) in [6.45, 7) is 2.67. The van der Waals surface area contributed by atoms with E-state index in [1.54, 1.807) is 35.2 Å². The number of halogens is 3. The summed E-state index contributed by atoms with van der Waals surface area (Å²) >= 11 is 13.9. The summed E-state index contributed by atoms with van der Waals surface area (Å²) in [6, 6.07) is 20.3. The van der Waals surface area contributed by atoms with Crippen molar-refractivity contribution in [3.63, 3.8) is 0 Å². The molecule has 0 heterocycles. The topological polar surface area (TPSA) is 49.4 Å². The average molecular weight is 548 g/mol. The molecule has 36 heavy (non-hydrogen) atoms. The second-order valence-corrected chi connectivity index (χ2v) is 10.2. The maximum Gasteiger partial charge on any atom is 0.243 e. The quantitative estimate of drug-likeness (QED) is 0.281. The molecule has 3 aromatic rings. The Kier molecular flexibility index (Phi) is 11.1. The second kappa shape index (κ2) is 14.3. The second-order valence-electron chi connectivity index (χ2n) is 8.37. The molecule has 8 heteroatoms. The summed E-state index contributed by atoms with van der Waals surface area (Å²) < 4.78 is 13.2. The van der Waals surface area contributed by atoms with Gasteiger partial charge in [-0.25, -0.2) is 4.39 Å². The Balaban J connectivity index is 1.85. The van der Waals surface area contributed by atoms with Crippen LogP contribution in [-0.2, 0) is 28.3 Å². The third kappa shape index (κ3) is 8.54. The summed E-state index contributed by atoms with van der Waals surface area (Å²) in [7, 11) is 0. The van der Waals surface area contributed by atoms with Crippen LogP contribution in [0.25, 0.3) is 0 Å². The Morgan fingerprint density at radius 1 is 1.00 bits per heavy atom. The molecule has 0 radical (unpaired) electrons. The first-order chi connectivity index (χ1) is 17.4. The SMILES string of the molecule is CCCNC(=O)[C@H](Cc1ccccc1)N(Cc1ccc(Cl)cc1Cl)C(=O)CSCc1ccc(F)cc1. The molecule has 0 saturated carbocycles. The van der Waals surface area contributed by atoms with Crippen molar-refractivity contribution in [1.82, 2.24) is 10.2 Å². The van der Waals surface area contributed by atoms with Crippen LogP contribution in [0.3, 0.4) is 0 Å². The molecule has 0 aliphatic carbocycles. The van der Waals surface area contributed by atoms with Gasteiger partial charge in [0, 0.05) is 35.3 Å².